The molecule has 0 spiro atoms. The second kappa shape index (κ2) is 4.82. The van der Waals surface area contributed by atoms with E-state index in [4.69, 9.17) is 4.74 Å². The first-order valence-electron chi connectivity index (χ1n) is 5.37. The number of ether oxygens (including phenoxy) is 1. The molecule has 7 heteroatoms. The molecule has 0 N–H and O–H groups in total. The topological polar surface area (TPSA) is 87.3 Å². The van der Waals surface area contributed by atoms with Crippen molar-refractivity contribution >= 4 is 22.6 Å². The van der Waals surface area contributed by atoms with Crippen LogP contribution in [0.15, 0.2) is 24.4 Å². The Bertz CT molecular complexity index is 605. The van der Waals surface area contributed by atoms with Crippen LogP contribution in [0.3, 0.4) is 0 Å². The summed E-state index contributed by atoms with van der Waals surface area (Å²) in [5.74, 6) is -0.389. The van der Waals surface area contributed by atoms with Crippen molar-refractivity contribution in [3.63, 3.8) is 0 Å². The van der Waals surface area contributed by atoms with Gasteiger partial charge in [0, 0.05) is 23.7 Å². The Hall–Kier alpha value is -2.44. The molecule has 0 fully saturated rings. The Labute approximate surface area is 102 Å². The van der Waals surface area contributed by atoms with Gasteiger partial charge in [-0.2, -0.15) is 5.10 Å². The Morgan fingerprint density at radius 2 is 2.33 bits per heavy atom. The van der Waals surface area contributed by atoms with Gasteiger partial charge in [0.2, 0.25) is 0 Å². The first-order valence-corrected chi connectivity index (χ1v) is 5.37. The lowest BCUT2D eigenvalue weighted by molar-refractivity contribution is -0.384. The first-order chi connectivity index (χ1) is 8.60. The highest BCUT2D eigenvalue weighted by Crippen LogP contribution is 2.19. The van der Waals surface area contributed by atoms with Crippen LogP contribution in [0.4, 0.5) is 5.69 Å². The first kappa shape index (κ1) is 12.0. The predicted molar refractivity (Wildman–Crippen MR) is 63.0 cm³/mol. The number of non-ortho nitro benzene ring substituents is 1. The number of fused-ring (bicyclic) bond motifs is 1. The molecule has 0 bridgehead atoms. The maximum Gasteiger partial charge on any atom is 0.327 e. The summed E-state index contributed by atoms with van der Waals surface area (Å²) in [6.45, 7) is 2.03. The molecule has 2 aromatic rings. The van der Waals surface area contributed by atoms with Gasteiger partial charge >= 0.3 is 5.97 Å². The quantitative estimate of drug-likeness (QED) is 0.465. The number of nitrogens with zero attached hydrogens (tertiary/aromatic N) is 3. The smallest absolute Gasteiger partial charge is 0.327 e. The number of benzene rings is 1. The van der Waals surface area contributed by atoms with Crippen LogP contribution in [0, 0.1) is 10.1 Å². The van der Waals surface area contributed by atoms with Crippen molar-refractivity contribution < 1.29 is 14.5 Å². The molecule has 0 aliphatic heterocycles. The number of rotatable bonds is 4. The summed E-state index contributed by atoms with van der Waals surface area (Å²) in [4.78, 5) is 21.4. The summed E-state index contributed by atoms with van der Waals surface area (Å²) in [5.41, 5.74) is 0.456. The normalized spacial score (nSPS) is 10.5. The van der Waals surface area contributed by atoms with Gasteiger partial charge in [-0.3, -0.25) is 19.6 Å². The van der Waals surface area contributed by atoms with E-state index in [0.717, 1.165) is 5.39 Å². The Balaban J connectivity index is 2.27. The minimum atomic E-state index is -0.482. The number of hydrogen-bond acceptors (Lipinski definition) is 5. The van der Waals surface area contributed by atoms with E-state index in [9.17, 15) is 14.9 Å². The third-order valence-corrected chi connectivity index (χ3v) is 2.35. The van der Waals surface area contributed by atoms with E-state index < -0.39 is 4.92 Å². The number of nitro groups is 1. The number of carbonyl (C=O) groups excluding carboxylic acids is 1. The van der Waals surface area contributed by atoms with Crippen molar-refractivity contribution in [3.8, 4) is 0 Å². The maximum absolute atomic E-state index is 11.3. The molecular formula is C11H11N3O4. The molecule has 0 saturated heterocycles. The highest BCUT2D eigenvalue weighted by Gasteiger charge is 2.10. The molecular weight excluding hydrogens is 238 g/mol. The molecule has 1 aromatic carbocycles. The van der Waals surface area contributed by atoms with Gasteiger partial charge in [-0.05, 0) is 13.0 Å². The molecule has 0 unspecified atom stereocenters. The second-order valence-electron chi connectivity index (χ2n) is 3.63. The van der Waals surface area contributed by atoms with Crippen LogP contribution >= 0.6 is 0 Å². The third-order valence-electron chi connectivity index (χ3n) is 2.35. The molecule has 0 aliphatic carbocycles. The van der Waals surface area contributed by atoms with Crippen molar-refractivity contribution in [2.24, 2.45) is 0 Å². The highest BCUT2D eigenvalue weighted by molar-refractivity contribution is 5.81. The highest BCUT2D eigenvalue weighted by atomic mass is 16.6. The van der Waals surface area contributed by atoms with Crippen molar-refractivity contribution in [3.05, 3.63) is 34.5 Å². The van der Waals surface area contributed by atoms with Gasteiger partial charge in [0.05, 0.1) is 17.0 Å². The Morgan fingerprint density at radius 1 is 1.56 bits per heavy atom. The van der Waals surface area contributed by atoms with E-state index in [1.54, 1.807) is 19.2 Å². The molecule has 0 amide bonds. The van der Waals surface area contributed by atoms with E-state index in [-0.39, 0.29) is 18.2 Å². The number of hydrogen-bond donors (Lipinski definition) is 0. The van der Waals surface area contributed by atoms with E-state index in [1.807, 2.05) is 0 Å². The number of esters is 1. The van der Waals surface area contributed by atoms with Gasteiger partial charge in [0.25, 0.3) is 5.69 Å². The molecule has 0 atom stereocenters. The summed E-state index contributed by atoms with van der Waals surface area (Å²) in [5, 5.41) is 15.4. The van der Waals surface area contributed by atoms with E-state index >= 15 is 0 Å². The SMILES string of the molecule is CCOC(=O)Cn1cc2ccc([N+](=O)[O-])cc2n1. The molecule has 2 rings (SSSR count). The lowest BCUT2D eigenvalue weighted by Crippen LogP contribution is -2.13. The zero-order valence-electron chi connectivity index (χ0n) is 9.70. The summed E-state index contributed by atoms with van der Waals surface area (Å²) in [6.07, 6.45) is 1.65. The summed E-state index contributed by atoms with van der Waals surface area (Å²) < 4.78 is 6.20. The van der Waals surface area contributed by atoms with Gasteiger partial charge in [-0.1, -0.05) is 0 Å². The molecule has 18 heavy (non-hydrogen) atoms. The van der Waals surface area contributed by atoms with Crippen LogP contribution in [0.25, 0.3) is 10.9 Å². The lowest BCUT2D eigenvalue weighted by atomic mass is 10.2. The minimum Gasteiger partial charge on any atom is -0.465 e. The van der Waals surface area contributed by atoms with Gasteiger partial charge < -0.3 is 4.74 Å². The van der Waals surface area contributed by atoms with Crippen molar-refractivity contribution in [1.82, 2.24) is 9.78 Å². The van der Waals surface area contributed by atoms with Crippen LogP contribution < -0.4 is 0 Å². The standard InChI is InChI=1S/C11H11N3O4/c1-2-18-11(15)7-13-6-8-3-4-9(14(16)17)5-10(8)12-13/h3-6H,2,7H2,1H3. The van der Waals surface area contributed by atoms with Crippen molar-refractivity contribution in [2.75, 3.05) is 6.61 Å². The number of aromatic nitrogens is 2. The van der Waals surface area contributed by atoms with Crippen LogP contribution in [0.1, 0.15) is 6.92 Å². The fraction of sp³-hybridized carbons (Fsp3) is 0.273. The summed E-state index contributed by atoms with van der Waals surface area (Å²) in [6, 6.07) is 4.37. The third kappa shape index (κ3) is 2.45. The zero-order chi connectivity index (χ0) is 13.1. The largest absolute Gasteiger partial charge is 0.465 e. The van der Waals surface area contributed by atoms with Crippen LogP contribution in [0.5, 0.6) is 0 Å². The Morgan fingerprint density at radius 3 is 3.00 bits per heavy atom. The van der Waals surface area contributed by atoms with Crippen LogP contribution in [-0.4, -0.2) is 27.3 Å². The summed E-state index contributed by atoms with van der Waals surface area (Å²) in [7, 11) is 0. The van der Waals surface area contributed by atoms with Gasteiger partial charge in [0.1, 0.15) is 6.54 Å². The molecule has 0 aliphatic rings. The molecule has 1 aromatic heterocycles. The average Bonchev–Trinajstić information content (AvgIpc) is 2.69. The van der Waals surface area contributed by atoms with Gasteiger partial charge in [0.15, 0.2) is 0 Å². The minimum absolute atomic E-state index is 0.00365. The molecule has 0 radical (unpaired) electrons. The molecule has 7 nitrogen and oxygen atoms in total. The second-order valence-corrected chi connectivity index (χ2v) is 3.63. The predicted octanol–water partition coefficient (Wildman–Crippen LogP) is 1.51. The zero-order valence-corrected chi connectivity index (χ0v) is 9.70. The van der Waals surface area contributed by atoms with Gasteiger partial charge in [-0.25, -0.2) is 0 Å². The van der Waals surface area contributed by atoms with Crippen molar-refractivity contribution in [2.45, 2.75) is 13.5 Å². The van der Waals surface area contributed by atoms with Gasteiger partial charge in [-0.15, -0.1) is 0 Å². The monoisotopic (exact) mass is 249 g/mol. The fourth-order valence-corrected chi connectivity index (χ4v) is 1.59. The lowest BCUT2D eigenvalue weighted by Gasteiger charge is -2.00. The molecule has 94 valence electrons. The van der Waals surface area contributed by atoms with Crippen LogP contribution in [-0.2, 0) is 16.1 Å². The van der Waals surface area contributed by atoms with Crippen LogP contribution in [0.2, 0.25) is 0 Å². The van der Waals surface area contributed by atoms with Crippen molar-refractivity contribution in [1.29, 1.82) is 0 Å². The summed E-state index contributed by atoms with van der Waals surface area (Å²) >= 11 is 0. The number of carbonyl (C=O) groups is 1. The average molecular weight is 249 g/mol. The Kier molecular flexibility index (Phi) is 3.22. The molecule has 1 heterocycles. The van der Waals surface area contributed by atoms with E-state index in [2.05, 4.69) is 5.10 Å². The molecule has 0 saturated carbocycles. The van der Waals surface area contributed by atoms with E-state index in [1.165, 1.54) is 16.8 Å². The van der Waals surface area contributed by atoms with E-state index in [0.29, 0.717) is 12.1 Å². The number of nitro benzene ring substituents is 1. The fourth-order valence-electron chi connectivity index (χ4n) is 1.59. The maximum atomic E-state index is 11.3.